The Morgan fingerprint density at radius 2 is 2.00 bits per heavy atom. The van der Waals surface area contributed by atoms with Crippen molar-refractivity contribution in [1.29, 1.82) is 0 Å². The molecule has 0 spiro atoms. The number of hydrogen-bond acceptors (Lipinski definition) is 1. The summed E-state index contributed by atoms with van der Waals surface area (Å²) in [6, 6.07) is 4.16. The molecule has 1 N–H and O–H groups in total. The second-order valence-electron chi connectivity index (χ2n) is 4.08. The summed E-state index contributed by atoms with van der Waals surface area (Å²) in [5, 5.41) is 2.86. The van der Waals surface area contributed by atoms with Gasteiger partial charge in [0.2, 0.25) is 0 Å². The van der Waals surface area contributed by atoms with Gasteiger partial charge in [-0.15, -0.1) is 0 Å². The monoisotopic (exact) mass is 309 g/mol. The topological polar surface area (TPSA) is 12.0 Å². The van der Waals surface area contributed by atoms with E-state index >= 15 is 0 Å². The molecule has 0 bridgehead atoms. The molecule has 1 aromatic carbocycles. The first-order valence-corrected chi connectivity index (χ1v) is 6.24. The lowest BCUT2D eigenvalue weighted by Crippen LogP contribution is -2.15. The number of nitrogens with one attached hydrogen (secondary N) is 1. The molecule has 0 aliphatic heterocycles. The van der Waals surface area contributed by atoms with Gasteiger partial charge in [-0.3, -0.25) is 0 Å². The summed E-state index contributed by atoms with van der Waals surface area (Å²) in [5.74, 6) is 0.347. The third-order valence-corrected chi connectivity index (χ3v) is 3.12. The largest absolute Gasteiger partial charge is 0.418 e. The number of hydrogen-bond donors (Lipinski definition) is 1. The molecule has 1 atom stereocenters. The third kappa shape index (κ3) is 4.22. The molecular weight excluding hydrogens is 295 g/mol. The van der Waals surface area contributed by atoms with Gasteiger partial charge in [0.05, 0.1) is 5.56 Å². The van der Waals surface area contributed by atoms with Crippen LogP contribution in [-0.4, -0.2) is 6.54 Å². The summed E-state index contributed by atoms with van der Waals surface area (Å²) in [6.07, 6.45) is -3.40. The zero-order chi connectivity index (χ0) is 13.1. The fraction of sp³-hybridized carbons (Fsp3) is 0.500. The Morgan fingerprint density at radius 1 is 1.35 bits per heavy atom. The van der Waals surface area contributed by atoms with Gasteiger partial charge in [-0.2, -0.15) is 13.2 Å². The van der Waals surface area contributed by atoms with Crippen molar-refractivity contribution in [2.75, 3.05) is 11.9 Å². The molecule has 5 heteroatoms. The minimum atomic E-state index is -4.33. The van der Waals surface area contributed by atoms with Crippen LogP contribution >= 0.6 is 15.9 Å². The van der Waals surface area contributed by atoms with Gasteiger partial charge in [-0.05, 0) is 24.1 Å². The Morgan fingerprint density at radius 3 is 2.53 bits per heavy atom. The fourth-order valence-electron chi connectivity index (χ4n) is 1.33. The molecular formula is C12H15BrF3N. The molecule has 1 nitrogen and oxygen atoms in total. The van der Waals surface area contributed by atoms with E-state index in [1.807, 2.05) is 13.8 Å². The SMILES string of the molecule is CCC(C)CNc1ccc(Br)cc1C(F)(F)F. The minimum absolute atomic E-state index is 0.140. The number of rotatable bonds is 4. The van der Waals surface area contributed by atoms with Crippen LogP contribution in [0.4, 0.5) is 18.9 Å². The smallest absolute Gasteiger partial charge is 0.384 e. The molecule has 0 aliphatic rings. The molecule has 0 amide bonds. The van der Waals surface area contributed by atoms with Gasteiger partial charge >= 0.3 is 6.18 Å². The van der Waals surface area contributed by atoms with Gasteiger partial charge in [-0.1, -0.05) is 36.2 Å². The average Bonchev–Trinajstić information content (AvgIpc) is 2.25. The van der Waals surface area contributed by atoms with Crippen LogP contribution in [0.25, 0.3) is 0 Å². The van der Waals surface area contributed by atoms with Crippen LogP contribution in [0.1, 0.15) is 25.8 Å². The molecule has 0 radical (unpaired) electrons. The van der Waals surface area contributed by atoms with Crippen LogP contribution in [0.3, 0.4) is 0 Å². The summed E-state index contributed by atoms with van der Waals surface area (Å²) < 4.78 is 38.8. The van der Waals surface area contributed by atoms with Gasteiger partial charge in [0.15, 0.2) is 0 Å². The van der Waals surface area contributed by atoms with Crippen LogP contribution in [0.15, 0.2) is 22.7 Å². The molecule has 96 valence electrons. The molecule has 17 heavy (non-hydrogen) atoms. The number of anilines is 1. The molecule has 0 saturated carbocycles. The van der Waals surface area contributed by atoms with Gasteiger partial charge in [0.1, 0.15) is 0 Å². The molecule has 0 saturated heterocycles. The van der Waals surface area contributed by atoms with Gasteiger partial charge in [0.25, 0.3) is 0 Å². The lowest BCUT2D eigenvalue weighted by atomic mass is 10.1. The van der Waals surface area contributed by atoms with Crippen molar-refractivity contribution >= 4 is 21.6 Å². The zero-order valence-corrected chi connectivity index (χ0v) is 11.3. The van der Waals surface area contributed by atoms with Crippen LogP contribution in [0, 0.1) is 5.92 Å². The lowest BCUT2D eigenvalue weighted by Gasteiger charge is -2.17. The van der Waals surface area contributed by atoms with Crippen LogP contribution in [0.2, 0.25) is 0 Å². The van der Waals surface area contributed by atoms with Gasteiger partial charge in [-0.25, -0.2) is 0 Å². The molecule has 1 rings (SSSR count). The second-order valence-corrected chi connectivity index (χ2v) is 5.00. The van der Waals surface area contributed by atoms with E-state index in [0.717, 1.165) is 12.5 Å². The van der Waals surface area contributed by atoms with E-state index < -0.39 is 11.7 Å². The van der Waals surface area contributed by atoms with E-state index in [1.54, 1.807) is 6.07 Å². The lowest BCUT2D eigenvalue weighted by molar-refractivity contribution is -0.137. The maximum Gasteiger partial charge on any atom is 0.418 e. The summed E-state index contributed by atoms with van der Waals surface area (Å²) in [6.45, 7) is 4.55. The molecule has 0 fully saturated rings. The van der Waals surface area contributed by atoms with Crippen LogP contribution in [0.5, 0.6) is 0 Å². The van der Waals surface area contributed by atoms with E-state index in [9.17, 15) is 13.2 Å². The van der Waals surface area contributed by atoms with Crippen molar-refractivity contribution in [1.82, 2.24) is 0 Å². The van der Waals surface area contributed by atoms with Gasteiger partial charge < -0.3 is 5.32 Å². The summed E-state index contributed by atoms with van der Waals surface area (Å²) in [7, 11) is 0. The second kappa shape index (κ2) is 5.76. The fourth-order valence-corrected chi connectivity index (χ4v) is 1.69. The van der Waals surface area contributed by atoms with Crippen molar-refractivity contribution < 1.29 is 13.2 Å². The first-order chi connectivity index (χ1) is 7.84. The highest BCUT2D eigenvalue weighted by atomic mass is 79.9. The summed E-state index contributed by atoms with van der Waals surface area (Å²) in [4.78, 5) is 0. The van der Waals surface area contributed by atoms with Crippen molar-refractivity contribution in [3.05, 3.63) is 28.2 Å². The first kappa shape index (κ1) is 14.4. The summed E-state index contributed by atoms with van der Waals surface area (Å²) >= 11 is 3.05. The van der Waals surface area contributed by atoms with Crippen molar-refractivity contribution in [2.45, 2.75) is 26.4 Å². The van der Waals surface area contributed by atoms with Crippen molar-refractivity contribution in [2.24, 2.45) is 5.92 Å². The normalized spacial score (nSPS) is 13.5. The number of benzene rings is 1. The number of alkyl halides is 3. The van der Waals surface area contributed by atoms with Crippen LogP contribution in [-0.2, 0) is 6.18 Å². The maximum atomic E-state index is 12.8. The quantitative estimate of drug-likeness (QED) is 0.832. The Bertz CT molecular complexity index is 377. The molecule has 0 heterocycles. The van der Waals surface area contributed by atoms with E-state index in [4.69, 9.17) is 0 Å². The Labute approximate surface area is 108 Å². The molecule has 1 aromatic rings. The highest BCUT2D eigenvalue weighted by molar-refractivity contribution is 9.10. The van der Waals surface area contributed by atoms with E-state index in [-0.39, 0.29) is 5.69 Å². The molecule has 1 unspecified atom stereocenters. The maximum absolute atomic E-state index is 12.8. The Balaban J connectivity index is 2.91. The predicted molar refractivity (Wildman–Crippen MR) is 67.1 cm³/mol. The van der Waals surface area contributed by atoms with E-state index in [0.29, 0.717) is 16.9 Å². The molecule has 0 aliphatic carbocycles. The minimum Gasteiger partial charge on any atom is -0.384 e. The standard InChI is InChI=1S/C12H15BrF3N/c1-3-8(2)7-17-11-5-4-9(13)6-10(11)12(14,15)16/h4-6,8,17H,3,7H2,1-2H3. The zero-order valence-electron chi connectivity index (χ0n) is 9.74. The highest BCUT2D eigenvalue weighted by Crippen LogP contribution is 2.36. The van der Waals surface area contributed by atoms with E-state index in [1.165, 1.54) is 6.07 Å². The Hall–Kier alpha value is -0.710. The van der Waals surface area contributed by atoms with Crippen LogP contribution < -0.4 is 5.32 Å². The summed E-state index contributed by atoms with van der Waals surface area (Å²) in [5.41, 5.74) is -0.490. The highest BCUT2D eigenvalue weighted by Gasteiger charge is 2.33. The third-order valence-electron chi connectivity index (χ3n) is 2.62. The van der Waals surface area contributed by atoms with Gasteiger partial charge in [0, 0.05) is 16.7 Å². The average molecular weight is 310 g/mol. The van der Waals surface area contributed by atoms with E-state index in [2.05, 4.69) is 21.2 Å². The number of halogens is 4. The predicted octanol–water partition coefficient (Wildman–Crippen LogP) is 4.93. The first-order valence-electron chi connectivity index (χ1n) is 5.45. The van der Waals surface area contributed by atoms with Crippen molar-refractivity contribution in [3.63, 3.8) is 0 Å². The molecule has 0 aromatic heterocycles. The van der Waals surface area contributed by atoms with Crippen molar-refractivity contribution in [3.8, 4) is 0 Å². The Kier molecular flexibility index (Phi) is 4.86.